The van der Waals surface area contributed by atoms with Gasteiger partial charge >= 0.3 is 0 Å². The van der Waals surface area contributed by atoms with Crippen LogP contribution in [0.5, 0.6) is 0 Å². The van der Waals surface area contributed by atoms with E-state index in [0.717, 1.165) is 71.1 Å². The normalized spacial score (nSPS) is 13.9. The summed E-state index contributed by atoms with van der Waals surface area (Å²) >= 11 is 1.74. The van der Waals surface area contributed by atoms with Crippen molar-refractivity contribution in [2.75, 3.05) is 10.7 Å². The van der Waals surface area contributed by atoms with Crippen LogP contribution >= 0.6 is 11.8 Å². The molecule has 1 aliphatic heterocycles. The summed E-state index contributed by atoms with van der Waals surface area (Å²) in [5, 5.41) is 0. The van der Waals surface area contributed by atoms with E-state index in [-0.39, 0.29) is 18.2 Å². The van der Waals surface area contributed by atoms with E-state index in [2.05, 4.69) is 49.1 Å². The molecule has 35 heavy (non-hydrogen) atoms. The maximum atomic E-state index is 11.8. The number of hydrogen-bond acceptors (Lipinski definition) is 5. The van der Waals surface area contributed by atoms with Crippen molar-refractivity contribution in [3.05, 3.63) is 77.6 Å². The summed E-state index contributed by atoms with van der Waals surface area (Å²) in [6.45, 7) is 4.35. The Morgan fingerprint density at radius 1 is 0.914 bits per heavy atom. The molecule has 0 fully saturated rings. The van der Waals surface area contributed by atoms with Gasteiger partial charge in [-0.05, 0) is 74.1 Å². The summed E-state index contributed by atoms with van der Waals surface area (Å²) < 4.78 is 33.3. The number of aromatic nitrogens is 1. The van der Waals surface area contributed by atoms with Crippen LogP contribution in [-0.4, -0.2) is 23.7 Å². The van der Waals surface area contributed by atoms with Crippen molar-refractivity contribution in [2.24, 2.45) is 0 Å². The van der Waals surface area contributed by atoms with E-state index in [1.165, 1.54) is 5.56 Å². The Kier molecular flexibility index (Phi) is 8.52. The summed E-state index contributed by atoms with van der Waals surface area (Å²) in [6.07, 6.45) is 6.52. The Morgan fingerprint density at radius 2 is 1.66 bits per heavy atom. The predicted octanol–water partition coefficient (Wildman–Crippen LogP) is 7.39. The Morgan fingerprint density at radius 3 is 2.43 bits per heavy atom. The first-order valence-corrected chi connectivity index (χ1v) is 14.9. The average molecular weight is 511 g/mol. The molecule has 0 bridgehead atoms. The molecule has 3 aromatic rings. The number of anilines is 2. The van der Waals surface area contributed by atoms with Crippen molar-refractivity contribution in [2.45, 2.75) is 74.6 Å². The molecule has 0 spiro atoms. The van der Waals surface area contributed by atoms with Crippen LogP contribution in [0.4, 0.5) is 11.4 Å². The maximum Gasteiger partial charge on any atom is 0.264 e. The van der Waals surface area contributed by atoms with Crippen molar-refractivity contribution >= 4 is 33.3 Å². The lowest BCUT2D eigenvalue weighted by molar-refractivity contribution is 0.476. The number of rotatable bonds is 11. The first-order chi connectivity index (χ1) is 16.9. The second-order valence-corrected chi connectivity index (χ2v) is 11.7. The molecule has 4 rings (SSSR count). The number of hydrogen-bond donors (Lipinski definition) is 1. The lowest BCUT2D eigenvalue weighted by Gasteiger charge is -2.39. The van der Waals surface area contributed by atoms with Gasteiger partial charge in [-0.3, -0.25) is 9.54 Å². The molecule has 0 amide bonds. The molecule has 0 saturated heterocycles. The second-order valence-electron chi connectivity index (χ2n) is 9.09. The van der Waals surface area contributed by atoms with E-state index in [0.29, 0.717) is 0 Å². The van der Waals surface area contributed by atoms with Gasteiger partial charge in [-0.2, -0.15) is 8.42 Å². The quantitative estimate of drug-likeness (QED) is 0.271. The molecule has 7 heteroatoms. The van der Waals surface area contributed by atoms with Crippen LogP contribution in [0.1, 0.15) is 68.9 Å². The SMILES string of the molecule is CCCCc1ccc2c(c1)N(C(CCS(=O)(=O)O)c1cccc(CCCC)n1)c1ccccc1S2. The summed E-state index contributed by atoms with van der Waals surface area (Å²) in [5.41, 5.74) is 5.22. The molecule has 1 aliphatic rings. The summed E-state index contributed by atoms with van der Waals surface area (Å²) in [7, 11) is -4.12. The van der Waals surface area contributed by atoms with Gasteiger partial charge in [0.05, 0.1) is 28.9 Å². The largest absolute Gasteiger partial charge is 0.330 e. The minimum Gasteiger partial charge on any atom is -0.330 e. The summed E-state index contributed by atoms with van der Waals surface area (Å²) in [4.78, 5) is 9.49. The van der Waals surface area contributed by atoms with Crippen molar-refractivity contribution in [1.82, 2.24) is 4.98 Å². The van der Waals surface area contributed by atoms with Crippen LogP contribution in [-0.2, 0) is 23.0 Å². The Bertz CT molecular complexity index is 1260. The standard InChI is InChI=1S/C28H34N2O3S2/c1-3-5-10-21-16-17-28-26(20-21)30(25-14-7-8-15-27(25)34-28)24(18-19-35(31,32)33)23-13-9-12-22(29-23)11-6-4-2/h7-9,12-17,20,24H,3-6,10-11,18-19H2,1-2H3,(H,31,32,33). The van der Waals surface area contributed by atoms with Gasteiger partial charge in [-0.25, -0.2) is 0 Å². The minimum absolute atomic E-state index is 0.237. The molecule has 0 aliphatic carbocycles. The van der Waals surface area contributed by atoms with Gasteiger partial charge in [-0.15, -0.1) is 0 Å². The van der Waals surface area contributed by atoms with E-state index in [1.54, 1.807) is 11.8 Å². The fourth-order valence-corrected chi connectivity index (χ4v) is 6.12. The Hall–Kier alpha value is -2.35. The van der Waals surface area contributed by atoms with Crippen LogP contribution in [0, 0.1) is 0 Å². The second kappa shape index (κ2) is 11.6. The monoisotopic (exact) mass is 510 g/mol. The molecular formula is C28H34N2O3S2. The van der Waals surface area contributed by atoms with E-state index >= 15 is 0 Å². The van der Waals surface area contributed by atoms with Gasteiger partial charge < -0.3 is 4.90 Å². The number of unbranched alkanes of at least 4 members (excludes halogenated alkanes) is 2. The third kappa shape index (κ3) is 6.46. The number of fused-ring (bicyclic) bond motifs is 2. The average Bonchev–Trinajstić information content (AvgIpc) is 2.85. The van der Waals surface area contributed by atoms with E-state index in [9.17, 15) is 13.0 Å². The number of benzene rings is 2. The van der Waals surface area contributed by atoms with Gasteiger partial charge in [-0.1, -0.05) is 62.7 Å². The number of aryl methyl sites for hydroxylation is 2. The number of pyridine rings is 1. The zero-order valence-corrected chi connectivity index (χ0v) is 22.1. The highest BCUT2D eigenvalue weighted by molar-refractivity contribution is 7.99. The molecule has 1 aromatic heterocycles. The molecule has 5 nitrogen and oxygen atoms in total. The fourth-order valence-electron chi connectivity index (χ4n) is 4.55. The molecule has 2 heterocycles. The van der Waals surface area contributed by atoms with Crippen molar-refractivity contribution < 1.29 is 13.0 Å². The molecule has 1 N–H and O–H groups in total. The van der Waals surface area contributed by atoms with Crippen LogP contribution < -0.4 is 4.90 Å². The van der Waals surface area contributed by atoms with E-state index in [4.69, 9.17) is 4.98 Å². The highest BCUT2D eigenvalue weighted by atomic mass is 32.2. The lowest BCUT2D eigenvalue weighted by Crippen LogP contribution is -2.29. The highest BCUT2D eigenvalue weighted by Crippen LogP contribution is 2.52. The van der Waals surface area contributed by atoms with Crippen LogP contribution in [0.3, 0.4) is 0 Å². The van der Waals surface area contributed by atoms with Gasteiger partial charge in [0.15, 0.2) is 0 Å². The van der Waals surface area contributed by atoms with Crippen molar-refractivity contribution in [3.8, 4) is 0 Å². The third-order valence-electron chi connectivity index (χ3n) is 6.36. The topological polar surface area (TPSA) is 70.5 Å². The van der Waals surface area contributed by atoms with E-state index < -0.39 is 10.1 Å². The molecule has 0 saturated carbocycles. The Balaban J connectivity index is 1.84. The zero-order valence-electron chi connectivity index (χ0n) is 20.5. The summed E-state index contributed by atoms with van der Waals surface area (Å²) in [6, 6.07) is 20.6. The molecular weight excluding hydrogens is 476 g/mol. The maximum absolute atomic E-state index is 11.8. The minimum atomic E-state index is -4.12. The molecule has 0 radical (unpaired) electrons. The van der Waals surface area contributed by atoms with Gasteiger partial charge in [0.1, 0.15) is 0 Å². The molecule has 186 valence electrons. The van der Waals surface area contributed by atoms with Gasteiger partial charge in [0.2, 0.25) is 0 Å². The highest BCUT2D eigenvalue weighted by Gasteiger charge is 2.32. The van der Waals surface area contributed by atoms with Crippen molar-refractivity contribution in [1.29, 1.82) is 0 Å². The third-order valence-corrected chi connectivity index (χ3v) is 8.25. The lowest BCUT2D eigenvalue weighted by atomic mass is 10.0. The first kappa shape index (κ1) is 25.7. The smallest absolute Gasteiger partial charge is 0.264 e. The van der Waals surface area contributed by atoms with Crippen molar-refractivity contribution in [3.63, 3.8) is 0 Å². The molecule has 1 unspecified atom stereocenters. The van der Waals surface area contributed by atoms with Crippen LogP contribution in [0.15, 0.2) is 70.5 Å². The van der Waals surface area contributed by atoms with Gasteiger partial charge in [0.25, 0.3) is 10.1 Å². The Labute approximate surface area is 213 Å². The zero-order chi connectivity index (χ0) is 24.8. The number of para-hydroxylation sites is 1. The van der Waals surface area contributed by atoms with Crippen LogP contribution in [0.2, 0.25) is 0 Å². The fraction of sp³-hybridized carbons (Fsp3) is 0.393. The molecule has 1 atom stereocenters. The predicted molar refractivity (Wildman–Crippen MR) is 144 cm³/mol. The van der Waals surface area contributed by atoms with Gasteiger partial charge in [0, 0.05) is 15.5 Å². The first-order valence-electron chi connectivity index (χ1n) is 12.5. The van der Waals surface area contributed by atoms with E-state index in [1.807, 2.05) is 30.3 Å². The summed E-state index contributed by atoms with van der Waals surface area (Å²) in [5.74, 6) is -0.324. The number of nitrogens with zero attached hydrogens (tertiary/aromatic N) is 2. The van der Waals surface area contributed by atoms with Crippen LogP contribution in [0.25, 0.3) is 0 Å². The molecule has 2 aromatic carbocycles.